The molecule has 0 aromatic heterocycles. The summed E-state index contributed by atoms with van der Waals surface area (Å²) in [7, 11) is -0.434. The van der Waals surface area contributed by atoms with Crippen molar-refractivity contribution in [1.82, 2.24) is 0 Å². The Kier molecular flexibility index (Phi) is 3.21. The number of hydrogen-bond acceptors (Lipinski definition) is 0. The van der Waals surface area contributed by atoms with Crippen LogP contribution in [0.5, 0.6) is 0 Å². The lowest BCUT2D eigenvalue weighted by atomic mass is 9.98. The average Bonchev–Trinajstić information content (AvgIpc) is 2.52. The zero-order chi connectivity index (χ0) is 12.8. The highest BCUT2D eigenvalue weighted by molar-refractivity contribution is 7.59. The first kappa shape index (κ1) is 12.8. The molecule has 0 bridgehead atoms. The van der Waals surface area contributed by atoms with E-state index in [1.165, 1.54) is 11.1 Å². The topological polar surface area (TPSA) is 0 Å². The van der Waals surface area contributed by atoms with Crippen molar-refractivity contribution in [2.75, 3.05) is 6.66 Å². The lowest BCUT2D eigenvalue weighted by molar-refractivity contribution is 0.802. The van der Waals surface area contributed by atoms with Crippen LogP contribution >= 0.6 is 7.92 Å². The van der Waals surface area contributed by atoms with Gasteiger partial charge in [0, 0.05) is 20.1 Å². The smallest absolute Gasteiger partial charge is 0.0618 e. The molecule has 0 spiro atoms. The molecule has 2 unspecified atom stereocenters. The molecule has 0 aliphatic heterocycles. The normalized spacial score (nSPS) is 25.4. The lowest BCUT2D eigenvalue weighted by Gasteiger charge is -2.31. The first-order valence-electron chi connectivity index (χ1n) is 6.52. The Morgan fingerprint density at radius 3 is 2.29 bits per heavy atom. The van der Waals surface area contributed by atoms with Gasteiger partial charge >= 0.3 is 0 Å². The van der Waals surface area contributed by atoms with Gasteiger partial charge in [0.1, 0.15) is 5.16 Å². The minimum absolute atomic E-state index is 0.319. The Labute approximate surface area is 107 Å². The van der Waals surface area contributed by atoms with Crippen LogP contribution in [-0.4, -0.2) is 12.3 Å². The van der Waals surface area contributed by atoms with Gasteiger partial charge in [0.25, 0.3) is 0 Å². The fourth-order valence-corrected chi connectivity index (χ4v) is 5.69. The second-order valence-electron chi connectivity index (χ2n) is 5.76. The number of hydrogen-bond donors (Lipinski definition) is 0. The molecule has 2 atom stereocenters. The van der Waals surface area contributed by atoms with Gasteiger partial charge in [-0.3, -0.25) is 0 Å². The van der Waals surface area contributed by atoms with Crippen molar-refractivity contribution in [1.29, 1.82) is 0 Å². The minimum atomic E-state index is -0.434. The second kappa shape index (κ2) is 4.25. The SMILES string of the molecule is CC1=C(C)C(C)([PH+](C)C(C)C)c2ccccc21. The lowest BCUT2D eigenvalue weighted by Crippen LogP contribution is -2.22. The van der Waals surface area contributed by atoms with E-state index in [4.69, 9.17) is 0 Å². The Bertz CT molecular complexity index is 470. The summed E-state index contributed by atoms with van der Waals surface area (Å²) >= 11 is 0. The number of rotatable bonds is 2. The van der Waals surface area contributed by atoms with Crippen molar-refractivity contribution < 1.29 is 0 Å². The Morgan fingerprint density at radius 1 is 1.12 bits per heavy atom. The zero-order valence-corrected chi connectivity index (χ0v) is 12.9. The van der Waals surface area contributed by atoms with Crippen LogP contribution in [0, 0.1) is 0 Å². The summed E-state index contributed by atoms with van der Waals surface area (Å²) < 4.78 is 0. The van der Waals surface area contributed by atoms with Crippen LogP contribution in [0.2, 0.25) is 0 Å². The third-order valence-corrected chi connectivity index (χ3v) is 8.79. The molecular weight excluding hydrogens is 223 g/mol. The van der Waals surface area contributed by atoms with Crippen molar-refractivity contribution in [3.8, 4) is 0 Å². The molecule has 1 aromatic carbocycles. The second-order valence-corrected chi connectivity index (χ2v) is 9.28. The summed E-state index contributed by atoms with van der Waals surface area (Å²) in [5, 5.41) is 0.319. The largest absolute Gasteiger partial charge is 0.121 e. The molecule has 1 aliphatic carbocycles. The molecule has 17 heavy (non-hydrogen) atoms. The molecule has 0 N–H and O–H groups in total. The van der Waals surface area contributed by atoms with Crippen LogP contribution in [0.1, 0.15) is 45.7 Å². The third kappa shape index (κ3) is 1.69. The van der Waals surface area contributed by atoms with E-state index >= 15 is 0 Å². The van der Waals surface area contributed by atoms with E-state index in [9.17, 15) is 0 Å². The number of fused-ring (bicyclic) bond motifs is 1. The number of benzene rings is 1. The van der Waals surface area contributed by atoms with Crippen LogP contribution < -0.4 is 0 Å². The molecule has 0 saturated carbocycles. The standard InChI is InChI=1S/C16H23P/c1-11(2)17(6)16(5)13(4)12(3)14-9-7-8-10-15(14)16/h7-11H,1-6H3/p+1. The first-order valence-corrected chi connectivity index (χ1v) is 8.60. The van der Waals surface area contributed by atoms with Gasteiger partial charge in [-0.2, -0.15) is 0 Å². The Balaban J connectivity index is 2.64. The van der Waals surface area contributed by atoms with Crippen molar-refractivity contribution in [3.63, 3.8) is 0 Å². The highest BCUT2D eigenvalue weighted by Gasteiger charge is 2.48. The number of allylic oxidation sites excluding steroid dienone is 2. The van der Waals surface area contributed by atoms with Crippen LogP contribution in [0.3, 0.4) is 0 Å². The van der Waals surface area contributed by atoms with Crippen molar-refractivity contribution in [2.45, 2.75) is 45.4 Å². The van der Waals surface area contributed by atoms with Crippen molar-refractivity contribution >= 4 is 13.5 Å². The molecule has 0 nitrogen and oxygen atoms in total. The molecule has 0 fully saturated rings. The van der Waals surface area contributed by atoms with Crippen LogP contribution in [0.25, 0.3) is 5.57 Å². The average molecular weight is 247 g/mol. The van der Waals surface area contributed by atoms with E-state index in [1.54, 1.807) is 11.1 Å². The highest BCUT2D eigenvalue weighted by atomic mass is 31.1. The van der Waals surface area contributed by atoms with E-state index in [2.05, 4.69) is 65.5 Å². The monoisotopic (exact) mass is 247 g/mol. The molecule has 1 aromatic rings. The molecule has 0 radical (unpaired) electrons. The molecular formula is C16H24P+. The summed E-state index contributed by atoms with van der Waals surface area (Å²) in [4.78, 5) is 0. The van der Waals surface area contributed by atoms with Gasteiger partial charge in [0.15, 0.2) is 0 Å². The Morgan fingerprint density at radius 2 is 1.71 bits per heavy atom. The van der Waals surface area contributed by atoms with E-state index < -0.39 is 7.92 Å². The first-order chi connectivity index (χ1) is 7.90. The van der Waals surface area contributed by atoms with Gasteiger partial charge in [0.05, 0.1) is 5.66 Å². The van der Waals surface area contributed by atoms with E-state index in [0.717, 1.165) is 5.66 Å². The zero-order valence-electron chi connectivity index (χ0n) is 11.9. The molecule has 1 heteroatoms. The maximum Gasteiger partial charge on any atom is 0.121 e. The van der Waals surface area contributed by atoms with Gasteiger partial charge in [-0.05, 0) is 51.3 Å². The molecule has 92 valence electrons. The van der Waals surface area contributed by atoms with Crippen LogP contribution in [-0.2, 0) is 5.16 Å². The summed E-state index contributed by atoms with van der Waals surface area (Å²) in [6.45, 7) is 14.3. The molecule has 0 heterocycles. The minimum Gasteiger partial charge on any atom is -0.0618 e. The maximum atomic E-state index is 2.49. The van der Waals surface area contributed by atoms with Gasteiger partial charge in [-0.25, -0.2) is 0 Å². The fourth-order valence-electron chi connectivity index (χ4n) is 3.11. The van der Waals surface area contributed by atoms with Gasteiger partial charge in [0.2, 0.25) is 0 Å². The maximum absolute atomic E-state index is 2.49. The third-order valence-electron chi connectivity index (χ3n) is 4.84. The van der Waals surface area contributed by atoms with Gasteiger partial charge in [-0.15, -0.1) is 0 Å². The summed E-state index contributed by atoms with van der Waals surface area (Å²) in [6.07, 6.45) is 0. The quantitative estimate of drug-likeness (QED) is 0.648. The highest BCUT2D eigenvalue weighted by Crippen LogP contribution is 2.64. The molecule has 0 amide bonds. The molecule has 1 aliphatic rings. The van der Waals surface area contributed by atoms with Crippen LogP contribution in [0.15, 0.2) is 29.8 Å². The van der Waals surface area contributed by atoms with E-state index in [1.807, 2.05) is 0 Å². The van der Waals surface area contributed by atoms with E-state index in [0.29, 0.717) is 5.16 Å². The summed E-state index contributed by atoms with van der Waals surface area (Å²) in [5.74, 6) is 0. The predicted octanol–water partition coefficient (Wildman–Crippen LogP) is 4.96. The van der Waals surface area contributed by atoms with Crippen LogP contribution in [0.4, 0.5) is 0 Å². The predicted molar refractivity (Wildman–Crippen MR) is 81.4 cm³/mol. The van der Waals surface area contributed by atoms with Gasteiger partial charge < -0.3 is 0 Å². The summed E-state index contributed by atoms with van der Waals surface area (Å²) in [5.41, 5.74) is 6.97. The Hall–Kier alpha value is -0.610. The van der Waals surface area contributed by atoms with Gasteiger partial charge in [-0.1, -0.05) is 24.3 Å². The van der Waals surface area contributed by atoms with Crippen molar-refractivity contribution in [2.24, 2.45) is 0 Å². The molecule has 2 rings (SSSR count). The van der Waals surface area contributed by atoms with E-state index in [-0.39, 0.29) is 0 Å². The summed E-state index contributed by atoms with van der Waals surface area (Å²) in [6, 6.07) is 8.98. The molecule has 0 saturated heterocycles. The fraction of sp³-hybridized carbons (Fsp3) is 0.500. The van der Waals surface area contributed by atoms with Crippen molar-refractivity contribution in [3.05, 3.63) is 41.0 Å².